The largest absolute Gasteiger partial charge is 0.368 e. The van der Waals surface area contributed by atoms with E-state index in [1.54, 1.807) is 11.8 Å². The summed E-state index contributed by atoms with van der Waals surface area (Å²) in [6.45, 7) is 12.1. The number of nitrogens with zero attached hydrogens (tertiary/aromatic N) is 3. The molecule has 2 rings (SSSR count). The van der Waals surface area contributed by atoms with Gasteiger partial charge in [0, 0.05) is 11.8 Å². The lowest BCUT2D eigenvalue weighted by molar-refractivity contribution is -0.0631. The highest BCUT2D eigenvalue weighted by atomic mass is 32.2. The first-order valence-corrected chi connectivity index (χ1v) is 8.16. The third-order valence-corrected chi connectivity index (χ3v) is 5.19. The van der Waals surface area contributed by atoms with Crippen LogP contribution < -0.4 is 5.73 Å². The summed E-state index contributed by atoms with van der Waals surface area (Å²) in [4.78, 5) is 0. The van der Waals surface area contributed by atoms with Crippen LogP contribution in [-0.2, 0) is 17.8 Å². The van der Waals surface area contributed by atoms with Gasteiger partial charge in [0.25, 0.3) is 0 Å². The molecule has 1 aromatic rings. The topological polar surface area (TPSA) is 66.0 Å². The van der Waals surface area contributed by atoms with Gasteiger partial charge in [-0.05, 0) is 40.5 Å². The Labute approximate surface area is 125 Å². The lowest BCUT2D eigenvalue weighted by Crippen LogP contribution is -2.31. The quantitative estimate of drug-likeness (QED) is 0.905. The Hall–Kier alpha value is -0.590. The molecule has 2 N–H and O–H groups in total. The molecular formula is C14H26N4OS. The van der Waals surface area contributed by atoms with Crippen molar-refractivity contribution in [2.24, 2.45) is 5.73 Å². The zero-order chi connectivity index (χ0) is 15.0. The molecule has 0 radical (unpaired) electrons. The van der Waals surface area contributed by atoms with Crippen molar-refractivity contribution >= 4 is 11.8 Å². The van der Waals surface area contributed by atoms with Gasteiger partial charge in [-0.15, -0.1) is 10.2 Å². The van der Waals surface area contributed by atoms with Gasteiger partial charge in [-0.25, -0.2) is 0 Å². The minimum absolute atomic E-state index is 0.0759. The summed E-state index contributed by atoms with van der Waals surface area (Å²) in [5.74, 6) is 0.866. The zero-order valence-corrected chi connectivity index (χ0v) is 14.0. The highest BCUT2D eigenvalue weighted by Crippen LogP contribution is 2.45. The number of rotatable bonds is 5. The minimum atomic E-state index is -0.153. The fraction of sp³-hybridized carbons (Fsp3) is 0.857. The number of ether oxygens (including phenoxy) is 1. The van der Waals surface area contributed by atoms with E-state index in [4.69, 9.17) is 10.5 Å². The Bertz CT molecular complexity index is 470. The predicted molar refractivity (Wildman–Crippen MR) is 81.7 cm³/mol. The maximum Gasteiger partial charge on any atom is 0.191 e. The fourth-order valence-corrected chi connectivity index (χ4v) is 4.31. The molecule has 1 saturated heterocycles. The number of thioether (sulfide) groups is 1. The van der Waals surface area contributed by atoms with Crippen LogP contribution in [-0.4, -0.2) is 31.2 Å². The second-order valence-corrected chi connectivity index (χ2v) is 7.70. The van der Waals surface area contributed by atoms with Crippen LogP contribution in [0.2, 0.25) is 0 Å². The molecule has 6 heteroatoms. The van der Waals surface area contributed by atoms with Crippen LogP contribution >= 0.6 is 11.8 Å². The van der Waals surface area contributed by atoms with Crippen LogP contribution in [0.15, 0.2) is 5.16 Å². The molecule has 0 bridgehead atoms. The molecule has 1 atom stereocenters. The number of hydrogen-bond donors (Lipinski definition) is 1. The molecule has 1 aliphatic rings. The SMILES string of the molecule is CCCn1c(CN)nnc1SC1CC(C)(C)OC1(C)C. The van der Waals surface area contributed by atoms with E-state index < -0.39 is 0 Å². The highest BCUT2D eigenvalue weighted by Gasteiger charge is 2.46. The van der Waals surface area contributed by atoms with E-state index in [2.05, 4.69) is 49.4 Å². The second kappa shape index (κ2) is 5.66. The molecule has 0 amide bonds. The van der Waals surface area contributed by atoms with E-state index in [-0.39, 0.29) is 11.2 Å². The smallest absolute Gasteiger partial charge is 0.191 e. The predicted octanol–water partition coefficient (Wildman–Crippen LogP) is 2.59. The van der Waals surface area contributed by atoms with Crippen LogP contribution in [0.3, 0.4) is 0 Å². The molecule has 1 aromatic heterocycles. The van der Waals surface area contributed by atoms with E-state index in [0.29, 0.717) is 11.8 Å². The van der Waals surface area contributed by atoms with E-state index in [1.807, 2.05) is 0 Å². The maximum atomic E-state index is 6.15. The summed E-state index contributed by atoms with van der Waals surface area (Å²) in [6, 6.07) is 0. The number of nitrogens with two attached hydrogens (primary N) is 1. The lowest BCUT2D eigenvalue weighted by atomic mass is 10.0. The van der Waals surface area contributed by atoms with Gasteiger partial charge >= 0.3 is 0 Å². The molecule has 5 nitrogen and oxygen atoms in total. The third kappa shape index (κ3) is 3.18. The van der Waals surface area contributed by atoms with Crippen molar-refractivity contribution in [3.05, 3.63) is 5.82 Å². The molecule has 1 unspecified atom stereocenters. The summed E-state index contributed by atoms with van der Waals surface area (Å²) < 4.78 is 8.30. The van der Waals surface area contributed by atoms with E-state index in [9.17, 15) is 0 Å². The van der Waals surface area contributed by atoms with Gasteiger partial charge in [-0.3, -0.25) is 0 Å². The van der Waals surface area contributed by atoms with Crippen molar-refractivity contribution in [3.8, 4) is 0 Å². The molecule has 114 valence electrons. The third-order valence-electron chi connectivity index (χ3n) is 3.66. The summed E-state index contributed by atoms with van der Waals surface area (Å²) in [5.41, 5.74) is 5.51. The summed E-state index contributed by atoms with van der Waals surface area (Å²) in [7, 11) is 0. The Morgan fingerprint density at radius 2 is 2.05 bits per heavy atom. The normalized spacial score (nSPS) is 24.2. The van der Waals surface area contributed by atoms with Gasteiger partial charge in [0.15, 0.2) is 5.16 Å². The van der Waals surface area contributed by atoms with Gasteiger partial charge in [0.1, 0.15) is 5.82 Å². The minimum Gasteiger partial charge on any atom is -0.368 e. The summed E-state index contributed by atoms with van der Waals surface area (Å²) in [6.07, 6.45) is 2.07. The molecule has 0 aliphatic carbocycles. The van der Waals surface area contributed by atoms with Crippen molar-refractivity contribution in [3.63, 3.8) is 0 Å². The molecule has 0 saturated carbocycles. The Morgan fingerprint density at radius 3 is 2.55 bits per heavy atom. The van der Waals surface area contributed by atoms with Gasteiger partial charge in [0.2, 0.25) is 0 Å². The van der Waals surface area contributed by atoms with Crippen molar-refractivity contribution in [2.45, 2.75) is 82.2 Å². The highest BCUT2D eigenvalue weighted by molar-refractivity contribution is 7.99. The molecular weight excluding hydrogens is 272 g/mol. The first kappa shape index (κ1) is 15.8. The van der Waals surface area contributed by atoms with E-state index in [0.717, 1.165) is 30.4 Å². The van der Waals surface area contributed by atoms with Gasteiger partial charge in [-0.1, -0.05) is 18.7 Å². The maximum absolute atomic E-state index is 6.15. The van der Waals surface area contributed by atoms with E-state index in [1.165, 1.54) is 0 Å². The number of hydrogen-bond acceptors (Lipinski definition) is 5. The molecule has 2 heterocycles. The van der Waals surface area contributed by atoms with Gasteiger partial charge < -0.3 is 15.0 Å². The van der Waals surface area contributed by atoms with Crippen molar-refractivity contribution in [1.29, 1.82) is 0 Å². The molecule has 1 aliphatic heterocycles. The van der Waals surface area contributed by atoms with Gasteiger partial charge in [0.05, 0.1) is 17.7 Å². The molecule has 0 aromatic carbocycles. The average molecular weight is 298 g/mol. The van der Waals surface area contributed by atoms with E-state index >= 15 is 0 Å². The van der Waals surface area contributed by atoms with Crippen LogP contribution in [0, 0.1) is 0 Å². The summed E-state index contributed by atoms with van der Waals surface area (Å²) >= 11 is 1.77. The van der Waals surface area contributed by atoms with Crippen LogP contribution in [0.4, 0.5) is 0 Å². The van der Waals surface area contributed by atoms with Crippen LogP contribution in [0.1, 0.15) is 53.3 Å². The second-order valence-electron chi connectivity index (χ2n) is 6.53. The van der Waals surface area contributed by atoms with Crippen molar-refractivity contribution in [1.82, 2.24) is 14.8 Å². The van der Waals surface area contributed by atoms with Crippen LogP contribution in [0.5, 0.6) is 0 Å². The Balaban J connectivity index is 2.20. The lowest BCUT2D eigenvalue weighted by Gasteiger charge is -2.26. The molecule has 0 spiro atoms. The first-order chi connectivity index (χ1) is 9.29. The average Bonchev–Trinajstić information content (AvgIpc) is 2.78. The Morgan fingerprint density at radius 1 is 1.35 bits per heavy atom. The monoisotopic (exact) mass is 298 g/mol. The van der Waals surface area contributed by atoms with Crippen molar-refractivity contribution < 1.29 is 4.74 Å². The van der Waals surface area contributed by atoms with Crippen molar-refractivity contribution in [2.75, 3.05) is 0 Å². The summed E-state index contributed by atoms with van der Waals surface area (Å²) in [5, 5.41) is 9.87. The van der Waals surface area contributed by atoms with Crippen LogP contribution in [0.25, 0.3) is 0 Å². The zero-order valence-electron chi connectivity index (χ0n) is 13.1. The Kier molecular flexibility index (Phi) is 4.47. The fourth-order valence-electron chi connectivity index (χ4n) is 2.83. The molecule has 1 fully saturated rings. The standard InChI is InChI=1S/C14H26N4OS/c1-6-7-18-11(9-15)16-17-12(18)20-10-8-13(2,3)19-14(10,4)5/h10H,6-9,15H2,1-5H3. The number of aromatic nitrogens is 3. The van der Waals surface area contributed by atoms with Gasteiger partial charge in [-0.2, -0.15) is 0 Å². The first-order valence-electron chi connectivity index (χ1n) is 7.28. The molecule has 20 heavy (non-hydrogen) atoms.